The first-order valence-electron chi connectivity index (χ1n) is 10.5. The molecule has 2 amide bonds. The van der Waals surface area contributed by atoms with Crippen molar-refractivity contribution in [2.45, 2.75) is 63.1 Å². The van der Waals surface area contributed by atoms with E-state index in [1.807, 2.05) is 0 Å². The van der Waals surface area contributed by atoms with E-state index in [4.69, 9.17) is 27.5 Å². The number of urea groups is 1. The van der Waals surface area contributed by atoms with Crippen molar-refractivity contribution in [2.24, 2.45) is 27.9 Å². The average molecular weight is 440 g/mol. The number of nitrogens with two attached hydrogens (primary N) is 4. The zero-order valence-corrected chi connectivity index (χ0v) is 17.6. The molecular weight excluding hydrogens is 406 g/mol. The van der Waals surface area contributed by atoms with Crippen LogP contribution in [0.5, 0.6) is 0 Å². The molecule has 1 aliphatic heterocycles. The highest BCUT2D eigenvalue weighted by Gasteiger charge is 2.35. The predicted octanol–water partition coefficient (Wildman–Crippen LogP) is -0.448. The molecule has 174 valence electrons. The molecule has 0 aliphatic carbocycles. The Morgan fingerprint density at radius 2 is 2.06 bits per heavy atom. The van der Waals surface area contributed by atoms with Crippen LogP contribution in [0.15, 0.2) is 9.52 Å². The Hall–Kier alpha value is -2.93. The van der Waals surface area contributed by atoms with Crippen LogP contribution < -0.4 is 28.3 Å². The summed E-state index contributed by atoms with van der Waals surface area (Å²) in [6, 6.07) is -2.38. The number of hydrogen-bond acceptors (Lipinski definition) is 8. The number of aliphatic carboxylic acids is 1. The van der Waals surface area contributed by atoms with Gasteiger partial charge < -0.3 is 42.8 Å². The molecule has 0 bridgehead atoms. The second kappa shape index (κ2) is 12.1. The first kappa shape index (κ1) is 24.3. The zero-order valence-electron chi connectivity index (χ0n) is 17.6. The van der Waals surface area contributed by atoms with E-state index >= 15 is 0 Å². The molecule has 2 rings (SSSR count). The largest absolute Gasteiger partial charge is 0.480 e. The van der Waals surface area contributed by atoms with Gasteiger partial charge in [0.05, 0.1) is 6.04 Å². The molecule has 1 saturated heterocycles. The number of nitrogens with zero attached hydrogens (tertiary/aromatic N) is 4. The summed E-state index contributed by atoms with van der Waals surface area (Å²) in [5.41, 5.74) is 22.3. The minimum absolute atomic E-state index is 0.0227. The van der Waals surface area contributed by atoms with Gasteiger partial charge in [-0.05, 0) is 45.1 Å². The summed E-state index contributed by atoms with van der Waals surface area (Å²) in [4.78, 5) is 33.8. The third-order valence-corrected chi connectivity index (χ3v) is 5.10. The Labute approximate surface area is 180 Å². The molecule has 31 heavy (non-hydrogen) atoms. The van der Waals surface area contributed by atoms with Gasteiger partial charge in [0.15, 0.2) is 11.8 Å². The third kappa shape index (κ3) is 7.36. The van der Waals surface area contributed by atoms with Crippen LogP contribution in [0.2, 0.25) is 0 Å². The van der Waals surface area contributed by atoms with Crippen LogP contribution in [0.4, 0.5) is 4.79 Å². The maximum absolute atomic E-state index is 12.8. The van der Waals surface area contributed by atoms with E-state index in [0.29, 0.717) is 57.6 Å². The van der Waals surface area contributed by atoms with E-state index < -0.39 is 30.1 Å². The van der Waals surface area contributed by atoms with Gasteiger partial charge in [-0.2, -0.15) is 4.98 Å². The molecule has 3 atom stereocenters. The van der Waals surface area contributed by atoms with E-state index in [9.17, 15) is 14.7 Å². The molecule has 13 nitrogen and oxygen atoms in total. The maximum Gasteiger partial charge on any atom is 0.326 e. The van der Waals surface area contributed by atoms with Crippen molar-refractivity contribution in [3.63, 3.8) is 0 Å². The molecule has 10 N–H and O–H groups in total. The molecule has 1 fully saturated rings. The number of unbranched alkanes of at least 4 members (excludes halogenated alkanes) is 1. The van der Waals surface area contributed by atoms with Crippen molar-refractivity contribution in [3.05, 3.63) is 11.7 Å². The number of aromatic nitrogens is 2. The molecule has 1 aromatic heterocycles. The summed E-state index contributed by atoms with van der Waals surface area (Å²) in [6.45, 7) is 1.31. The fraction of sp³-hybridized carbons (Fsp3) is 0.722. The van der Waals surface area contributed by atoms with E-state index in [-0.39, 0.29) is 11.9 Å². The second-order valence-corrected chi connectivity index (χ2v) is 7.52. The number of carbonyl (C=O) groups is 2. The number of carboxylic acids is 1. The van der Waals surface area contributed by atoms with Crippen LogP contribution in [0.1, 0.15) is 68.7 Å². The van der Waals surface area contributed by atoms with Gasteiger partial charge in [0.2, 0.25) is 5.89 Å². The quantitative estimate of drug-likeness (QED) is 0.140. The minimum Gasteiger partial charge on any atom is -0.480 e. The van der Waals surface area contributed by atoms with Crippen molar-refractivity contribution in [3.8, 4) is 0 Å². The van der Waals surface area contributed by atoms with Crippen LogP contribution in [0.25, 0.3) is 0 Å². The lowest BCUT2D eigenvalue weighted by Gasteiger charge is -2.24. The van der Waals surface area contributed by atoms with Gasteiger partial charge in [0.25, 0.3) is 0 Å². The lowest BCUT2D eigenvalue weighted by Crippen LogP contribution is -2.47. The second-order valence-electron chi connectivity index (χ2n) is 7.52. The number of carboxylic acid groups (broad SMARTS) is 1. The van der Waals surface area contributed by atoms with Crippen LogP contribution in [-0.2, 0) is 4.79 Å². The minimum atomic E-state index is -1.03. The number of hydrogen-bond donors (Lipinski definition) is 6. The predicted molar refractivity (Wildman–Crippen MR) is 113 cm³/mol. The van der Waals surface area contributed by atoms with Gasteiger partial charge >= 0.3 is 12.0 Å². The summed E-state index contributed by atoms with van der Waals surface area (Å²) < 4.78 is 5.37. The highest BCUT2D eigenvalue weighted by atomic mass is 16.5. The fourth-order valence-electron chi connectivity index (χ4n) is 3.44. The number of carbonyl (C=O) groups excluding carboxylic acids is 1. The van der Waals surface area contributed by atoms with Crippen LogP contribution in [-0.4, -0.2) is 63.8 Å². The lowest BCUT2D eigenvalue weighted by molar-refractivity contribution is -0.141. The Morgan fingerprint density at radius 1 is 1.29 bits per heavy atom. The lowest BCUT2D eigenvalue weighted by atomic mass is 10.1. The summed E-state index contributed by atoms with van der Waals surface area (Å²) in [6.07, 6.45) is 4.34. The van der Waals surface area contributed by atoms with Gasteiger partial charge in [-0.3, -0.25) is 4.99 Å². The zero-order chi connectivity index (χ0) is 22.8. The van der Waals surface area contributed by atoms with Gasteiger partial charge in [-0.1, -0.05) is 11.6 Å². The molecule has 0 saturated carbocycles. The molecule has 13 heteroatoms. The maximum atomic E-state index is 12.8. The van der Waals surface area contributed by atoms with E-state index in [1.54, 1.807) is 0 Å². The van der Waals surface area contributed by atoms with E-state index in [0.717, 1.165) is 12.8 Å². The Kier molecular flexibility index (Phi) is 9.46. The first-order valence-corrected chi connectivity index (χ1v) is 10.5. The molecule has 1 aromatic rings. The average Bonchev–Trinajstić information content (AvgIpc) is 3.40. The molecule has 0 radical (unpaired) electrons. The number of amides is 2. The summed E-state index contributed by atoms with van der Waals surface area (Å²) in [5, 5.41) is 16.1. The molecule has 0 aromatic carbocycles. The van der Waals surface area contributed by atoms with Crippen LogP contribution in [0.3, 0.4) is 0 Å². The van der Waals surface area contributed by atoms with Crippen molar-refractivity contribution in [1.82, 2.24) is 20.4 Å². The number of guanidine groups is 1. The van der Waals surface area contributed by atoms with Gasteiger partial charge in [0, 0.05) is 13.1 Å². The molecule has 1 aliphatic rings. The first-order chi connectivity index (χ1) is 14.8. The standard InChI is InChI=1S/C18H33N9O4/c19-8-2-1-5-11(20)14-25-15(31-26-14)12(6-3-9-23-17(21)22)24-18(30)27-10-4-7-13(27)16(28)29/h11-13H,1-10,19-20H2,(H,24,30)(H,28,29)(H4,21,22,23)/t11-,12-,13+/m0/s1. The Morgan fingerprint density at radius 3 is 2.74 bits per heavy atom. The van der Waals surface area contributed by atoms with E-state index in [1.165, 1.54) is 4.90 Å². The number of rotatable bonds is 12. The summed E-state index contributed by atoms with van der Waals surface area (Å²) >= 11 is 0. The highest BCUT2D eigenvalue weighted by Crippen LogP contribution is 2.23. The number of aliphatic imine (C=N–C) groups is 1. The van der Waals surface area contributed by atoms with E-state index in [2.05, 4.69) is 20.4 Å². The monoisotopic (exact) mass is 439 g/mol. The van der Waals surface area contributed by atoms with Gasteiger partial charge in [0.1, 0.15) is 12.1 Å². The summed E-state index contributed by atoms with van der Waals surface area (Å²) in [7, 11) is 0. The van der Waals surface area contributed by atoms with Gasteiger partial charge in [-0.15, -0.1) is 0 Å². The third-order valence-electron chi connectivity index (χ3n) is 5.10. The molecule has 0 unspecified atom stereocenters. The Bertz CT molecular complexity index is 750. The highest BCUT2D eigenvalue weighted by molar-refractivity contribution is 5.83. The summed E-state index contributed by atoms with van der Waals surface area (Å²) in [5.74, 6) is -0.501. The number of nitrogens with one attached hydrogen (secondary N) is 1. The van der Waals surface area contributed by atoms with Crippen molar-refractivity contribution in [2.75, 3.05) is 19.6 Å². The van der Waals surface area contributed by atoms with Crippen molar-refractivity contribution < 1.29 is 19.2 Å². The van der Waals surface area contributed by atoms with Crippen LogP contribution >= 0.6 is 0 Å². The SMILES string of the molecule is NCCCC[C@H](N)c1noc([C@H](CCCN=C(N)N)NC(=O)N2CCC[C@@H]2C(=O)O)n1. The topological polar surface area (TPSA) is 225 Å². The number of likely N-dealkylation sites (tertiary alicyclic amines) is 1. The van der Waals surface area contributed by atoms with Crippen LogP contribution in [0, 0.1) is 0 Å². The van der Waals surface area contributed by atoms with Crippen molar-refractivity contribution >= 4 is 18.0 Å². The van der Waals surface area contributed by atoms with Crippen molar-refractivity contribution in [1.29, 1.82) is 0 Å². The normalized spacial score (nSPS) is 17.9. The molecule has 0 spiro atoms. The smallest absolute Gasteiger partial charge is 0.326 e. The Balaban J connectivity index is 2.08. The molecule has 2 heterocycles. The fourth-order valence-corrected chi connectivity index (χ4v) is 3.44. The molecular formula is C18H33N9O4. The van der Waals surface area contributed by atoms with Gasteiger partial charge in [-0.25, -0.2) is 9.59 Å².